The van der Waals surface area contributed by atoms with E-state index in [4.69, 9.17) is 25.2 Å². The van der Waals surface area contributed by atoms with Crippen molar-refractivity contribution in [3.05, 3.63) is 29.6 Å². The van der Waals surface area contributed by atoms with Gasteiger partial charge in [0.05, 0.1) is 11.4 Å². The molecule has 5 nitrogen and oxygen atoms in total. The van der Waals surface area contributed by atoms with Crippen LogP contribution in [0.25, 0.3) is 0 Å². The summed E-state index contributed by atoms with van der Waals surface area (Å²) in [4.78, 5) is 4.89. The summed E-state index contributed by atoms with van der Waals surface area (Å²) in [5.41, 5.74) is 2.34. The molecule has 0 radical (unpaired) electrons. The van der Waals surface area contributed by atoms with E-state index in [0.717, 1.165) is 31.9 Å². The molecule has 0 spiro atoms. The Morgan fingerprint density at radius 1 is 0.833 bits per heavy atom. The average molecular weight is 499 g/mol. The molecule has 8 heteroatoms. The minimum absolute atomic E-state index is 0.00694. The van der Waals surface area contributed by atoms with E-state index in [2.05, 4.69) is 39.5 Å². The van der Waals surface area contributed by atoms with Gasteiger partial charge in [0.25, 0.3) is 0 Å². The van der Waals surface area contributed by atoms with Gasteiger partial charge in [0.15, 0.2) is 0 Å². The first-order valence-electron chi connectivity index (χ1n) is 11.4. The first kappa shape index (κ1) is 26.3. The van der Waals surface area contributed by atoms with Crippen LogP contribution < -0.4 is 21.3 Å². The van der Waals surface area contributed by atoms with Gasteiger partial charge in [0.1, 0.15) is 0 Å². The molecule has 1 aromatic heterocycles. The maximum atomic E-state index is 4.89. The van der Waals surface area contributed by atoms with E-state index in [1.807, 2.05) is 7.05 Å². The predicted octanol–water partition coefficient (Wildman–Crippen LogP) is 4.09. The molecule has 0 bridgehead atoms. The number of pyridine rings is 1. The Morgan fingerprint density at radius 2 is 1.40 bits per heavy atom. The van der Waals surface area contributed by atoms with Crippen molar-refractivity contribution in [1.82, 2.24) is 26.3 Å². The number of aromatic nitrogens is 1. The van der Waals surface area contributed by atoms with Crippen LogP contribution in [0.15, 0.2) is 18.2 Å². The molecule has 0 unspecified atom stereocenters. The fourth-order valence-corrected chi connectivity index (χ4v) is 4.52. The molecule has 2 aliphatic rings. The summed E-state index contributed by atoms with van der Waals surface area (Å²) in [6.07, 6.45) is 12.0. The van der Waals surface area contributed by atoms with Gasteiger partial charge in [-0.3, -0.25) is 4.98 Å². The molecule has 3 rings (SSSR count). The molecular formula is C22H39Cl2MnN5. The van der Waals surface area contributed by atoms with Gasteiger partial charge in [-0.25, -0.2) is 0 Å². The Labute approximate surface area is 197 Å². The summed E-state index contributed by atoms with van der Waals surface area (Å²) in [5.74, 6) is 0. The van der Waals surface area contributed by atoms with Crippen LogP contribution in [0.2, 0.25) is 0 Å². The Kier molecular flexibility index (Phi) is 14.7. The number of nitrogens with zero attached hydrogens (tertiary/aromatic N) is 1. The Morgan fingerprint density at radius 3 is 2.03 bits per heavy atom. The van der Waals surface area contributed by atoms with Gasteiger partial charge in [0.2, 0.25) is 0 Å². The zero-order valence-electron chi connectivity index (χ0n) is 18.2. The van der Waals surface area contributed by atoms with Crippen molar-refractivity contribution < 1.29 is 13.1 Å². The summed E-state index contributed by atoms with van der Waals surface area (Å²) < 4.78 is 0. The Balaban J connectivity index is 0.00000101. The van der Waals surface area contributed by atoms with Crippen molar-refractivity contribution in [3.63, 3.8) is 0 Å². The molecule has 2 fully saturated rings. The molecule has 0 amide bonds. The van der Waals surface area contributed by atoms with Crippen molar-refractivity contribution in [3.8, 4) is 0 Å². The van der Waals surface area contributed by atoms with Crippen molar-refractivity contribution in [2.45, 2.75) is 89.0 Å². The molecule has 0 saturated heterocycles. The third-order valence-electron chi connectivity index (χ3n) is 6.13. The van der Waals surface area contributed by atoms with Gasteiger partial charge >= 0.3 is 33.3 Å². The second-order valence-electron chi connectivity index (χ2n) is 8.33. The summed E-state index contributed by atoms with van der Waals surface area (Å²) in [6.45, 7) is 3.84. The van der Waals surface area contributed by atoms with E-state index in [-0.39, 0.29) is 13.1 Å². The fourth-order valence-electron chi connectivity index (χ4n) is 4.52. The molecule has 0 aliphatic heterocycles. The third-order valence-corrected chi connectivity index (χ3v) is 6.13. The molecule has 2 atom stereocenters. The quantitative estimate of drug-likeness (QED) is 0.289. The van der Waals surface area contributed by atoms with E-state index < -0.39 is 0 Å². The maximum absolute atomic E-state index is 4.89. The van der Waals surface area contributed by atoms with Gasteiger partial charge in [-0.1, -0.05) is 38.2 Å². The summed E-state index contributed by atoms with van der Waals surface area (Å²) in [5, 5.41) is 14.4. The van der Waals surface area contributed by atoms with E-state index in [9.17, 15) is 0 Å². The van der Waals surface area contributed by atoms with Gasteiger partial charge < -0.3 is 21.3 Å². The van der Waals surface area contributed by atoms with Crippen LogP contribution in [0, 0.1) is 0 Å². The normalized spacial score (nSPS) is 22.4. The van der Waals surface area contributed by atoms with Crippen molar-refractivity contribution in [2.75, 3.05) is 20.1 Å². The monoisotopic (exact) mass is 498 g/mol. The number of halogens is 2. The summed E-state index contributed by atoms with van der Waals surface area (Å²) >= 11 is 0.00694. The van der Waals surface area contributed by atoms with E-state index in [1.54, 1.807) is 0 Å². The second-order valence-corrected chi connectivity index (χ2v) is 10.3. The SMILES string of the molecule is CNCCN[C@@H]1CCCC[C@H]1NCc1cccc(CNC2CCCCC2)n1.[Cl][Mn][Cl]. The van der Waals surface area contributed by atoms with Crippen LogP contribution in [0.1, 0.15) is 69.2 Å². The number of hydrogen-bond acceptors (Lipinski definition) is 5. The topological polar surface area (TPSA) is 61.0 Å². The van der Waals surface area contributed by atoms with Crippen LogP contribution in [-0.4, -0.2) is 43.2 Å². The molecule has 1 heterocycles. The first-order chi connectivity index (χ1) is 14.8. The van der Waals surface area contributed by atoms with Crippen molar-refractivity contribution in [2.24, 2.45) is 0 Å². The molecule has 2 aliphatic carbocycles. The number of hydrogen-bond donors (Lipinski definition) is 4. The van der Waals surface area contributed by atoms with Crippen LogP contribution in [0.5, 0.6) is 0 Å². The second kappa shape index (κ2) is 16.7. The number of likely N-dealkylation sites (N-methyl/N-ethyl adjacent to an activating group) is 1. The van der Waals surface area contributed by atoms with Gasteiger partial charge in [-0.15, -0.1) is 0 Å². The zero-order valence-corrected chi connectivity index (χ0v) is 20.9. The predicted molar refractivity (Wildman–Crippen MR) is 124 cm³/mol. The van der Waals surface area contributed by atoms with Crippen LogP contribution in [-0.2, 0) is 26.2 Å². The molecule has 1 aromatic rings. The summed E-state index contributed by atoms with van der Waals surface area (Å²) in [7, 11) is 11.6. The van der Waals surface area contributed by atoms with E-state index in [0.29, 0.717) is 18.1 Å². The Hall–Kier alpha value is 0.0895. The summed E-state index contributed by atoms with van der Waals surface area (Å²) in [6, 6.07) is 8.30. The molecule has 173 valence electrons. The standard InChI is InChI=1S/C22H39N5.2ClH.Mn/c1-23-14-15-24-21-12-5-6-13-22(21)26-17-20-11-7-10-19(27-20)16-25-18-8-3-2-4-9-18;;;/h7,10-11,18,21-26H,2-6,8-9,12-17H2,1H3;2*1H;/q;;;+2/p-2/t21-,22-;;;/m1.../s1. The number of nitrogens with one attached hydrogen (secondary N) is 4. The first-order valence-corrected chi connectivity index (χ1v) is 14.7. The van der Waals surface area contributed by atoms with Crippen molar-refractivity contribution >= 4 is 20.2 Å². The van der Waals surface area contributed by atoms with E-state index >= 15 is 0 Å². The van der Waals surface area contributed by atoms with Crippen LogP contribution in [0.3, 0.4) is 0 Å². The molecule has 0 aromatic carbocycles. The molecular weight excluding hydrogens is 460 g/mol. The average Bonchev–Trinajstić information content (AvgIpc) is 2.79. The fraction of sp³-hybridized carbons (Fsp3) is 0.773. The van der Waals surface area contributed by atoms with Crippen molar-refractivity contribution in [1.29, 1.82) is 0 Å². The van der Waals surface area contributed by atoms with Gasteiger partial charge in [-0.2, -0.15) is 0 Å². The molecule has 30 heavy (non-hydrogen) atoms. The van der Waals surface area contributed by atoms with Gasteiger partial charge in [0, 0.05) is 44.3 Å². The van der Waals surface area contributed by atoms with Crippen LogP contribution >= 0.6 is 20.2 Å². The van der Waals surface area contributed by atoms with Crippen LogP contribution in [0.4, 0.5) is 0 Å². The minimum atomic E-state index is 0.00694. The number of rotatable bonds is 10. The Bertz CT molecular complexity index is 560. The third kappa shape index (κ3) is 10.6. The van der Waals surface area contributed by atoms with Gasteiger partial charge in [-0.05, 0) is 44.9 Å². The van der Waals surface area contributed by atoms with E-state index in [1.165, 1.54) is 63.5 Å². The zero-order chi connectivity index (χ0) is 21.4. The molecule has 2 saturated carbocycles. The molecule has 4 N–H and O–H groups in total.